The van der Waals surface area contributed by atoms with Crippen molar-refractivity contribution < 1.29 is 4.79 Å². The molecule has 0 saturated carbocycles. The summed E-state index contributed by atoms with van der Waals surface area (Å²) in [5, 5.41) is 14.6. The van der Waals surface area contributed by atoms with E-state index in [-0.39, 0.29) is 12.3 Å². The lowest BCUT2D eigenvalue weighted by molar-refractivity contribution is -0.115. The lowest BCUT2D eigenvalue weighted by Gasteiger charge is -2.22. The Kier molecular flexibility index (Phi) is 3.29. The maximum absolute atomic E-state index is 11.5. The molecule has 17 heavy (non-hydrogen) atoms. The quantitative estimate of drug-likeness (QED) is 0.817. The minimum atomic E-state index is -0.253. The highest BCUT2D eigenvalue weighted by Crippen LogP contribution is 2.33. The van der Waals surface area contributed by atoms with E-state index in [9.17, 15) is 4.79 Å². The summed E-state index contributed by atoms with van der Waals surface area (Å²) in [6.45, 7) is 2.89. The molecule has 1 heterocycles. The van der Waals surface area contributed by atoms with E-state index in [1.54, 1.807) is 0 Å². The van der Waals surface area contributed by atoms with Gasteiger partial charge in [-0.3, -0.25) is 4.79 Å². The number of nitrogens with one attached hydrogen (secondary N) is 2. The number of aryl methyl sites for hydroxylation is 2. The van der Waals surface area contributed by atoms with Gasteiger partial charge in [-0.05, 0) is 30.9 Å². The fourth-order valence-electron chi connectivity index (χ4n) is 2.07. The molecule has 1 aromatic carbocycles. The molecule has 2 N–H and O–H groups in total. The number of anilines is 2. The first-order chi connectivity index (χ1) is 8.22. The fraction of sp³-hybridized carbons (Fsp3) is 0.385. The largest absolute Gasteiger partial charge is 0.383 e. The third-order valence-corrected chi connectivity index (χ3v) is 2.93. The van der Waals surface area contributed by atoms with Gasteiger partial charge in [-0.1, -0.05) is 12.1 Å². The summed E-state index contributed by atoms with van der Waals surface area (Å²) in [7, 11) is 0. The van der Waals surface area contributed by atoms with E-state index in [0.717, 1.165) is 36.3 Å². The summed E-state index contributed by atoms with van der Waals surface area (Å²) < 4.78 is 0. The van der Waals surface area contributed by atoms with Gasteiger partial charge in [0.2, 0.25) is 5.91 Å². The Labute approximate surface area is 101 Å². The molecular weight excluding hydrogens is 214 g/mol. The van der Waals surface area contributed by atoms with Crippen LogP contribution in [0.3, 0.4) is 0 Å². The van der Waals surface area contributed by atoms with Crippen LogP contribution in [0, 0.1) is 18.3 Å². The summed E-state index contributed by atoms with van der Waals surface area (Å²) in [6, 6.07) is 5.96. The van der Waals surface area contributed by atoms with Crippen molar-refractivity contribution >= 4 is 17.3 Å². The molecule has 0 bridgehead atoms. The molecule has 1 amide bonds. The number of fused-ring (bicyclic) bond motifs is 1. The molecule has 2 rings (SSSR count). The molecule has 4 nitrogen and oxygen atoms in total. The van der Waals surface area contributed by atoms with E-state index >= 15 is 0 Å². The third-order valence-electron chi connectivity index (χ3n) is 2.93. The first-order valence-electron chi connectivity index (χ1n) is 5.75. The van der Waals surface area contributed by atoms with Crippen LogP contribution in [0.1, 0.15) is 24.0 Å². The van der Waals surface area contributed by atoms with Gasteiger partial charge in [-0.15, -0.1) is 0 Å². The normalized spacial score (nSPS) is 13.2. The second kappa shape index (κ2) is 4.88. The Bertz CT molecular complexity index is 488. The van der Waals surface area contributed by atoms with Crippen molar-refractivity contribution in [1.82, 2.24) is 0 Å². The molecule has 0 unspecified atom stereocenters. The highest BCUT2D eigenvalue weighted by molar-refractivity contribution is 5.97. The van der Waals surface area contributed by atoms with Crippen molar-refractivity contribution in [2.45, 2.75) is 26.2 Å². The third kappa shape index (κ3) is 2.39. The summed E-state index contributed by atoms with van der Waals surface area (Å²) in [5.74, 6) is -0.253. The van der Waals surface area contributed by atoms with Crippen molar-refractivity contribution in [1.29, 1.82) is 5.26 Å². The molecule has 0 aromatic heterocycles. The number of nitriles is 1. The minimum absolute atomic E-state index is 0.108. The summed E-state index contributed by atoms with van der Waals surface area (Å²) in [6.07, 6.45) is 2.04. The molecule has 0 fully saturated rings. The summed E-state index contributed by atoms with van der Waals surface area (Å²) >= 11 is 0. The number of carbonyl (C=O) groups excluding carboxylic acids is 1. The average molecular weight is 229 g/mol. The lowest BCUT2D eigenvalue weighted by Crippen LogP contribution is -2.18. The van der Waals surface area contributed by atoms with Gasteiger partial charge in [-0.25, -0.2) is 0 Å². The fourth-order valence-corrected chi connectivity index (χ4v) is 2.07. The number of benzene rings is 1. The smallest absolute Gasteiger partial charge is 0.238 e. The van der Waals surface area contributed by atoms with Gasteiger partial charge in [0.15, 0.2) is 0 Å². The number of carbonyl (C=O) groups is 1. The predicted molar refractivity (Wildman–Crippen MR) is 66.8 cm³/mol. The van der Waals surface area contributed by atoms with E-state index in [4.69, 9.17) is 5.26 Å². The average Bonchev–Trinajstić information content (AvgIpc) is 2.33. The molecule has 1 aliphatic heterocycles. The van der Waals surface area contributed by atoms with Crippen LogP contribution in [0.4, 0.5) is 11.4 Å². The Hall–Kier alpha value is -2.02. The molecule has 0 atom stereocenters. The van der Waals surface area contributed by atoms with Crippen molar-refractivity contribution in [3.05, 3.63) is 23.3 Å². The minimum Gasteiger partial charge on any atom is -0.383 e. The zero-order chi connectivity index (χ0) is 12.3. The van der Waals surface area contributed by atoms with Crippen LogP contribution in [0.25, 0.3) is 0 Å². The van der Waals surface area contributed by atoms with Crippen molar-refractivity contribution in [2.24, 2.45) is 0 Å². The van der Waals surface area contributed by atoms with Crippen LogP contribution in [0.15, 0.2) is 12.1 Å². The van der Waals surface area contributed by atoms with Gasteiger partial charge in [0.05, 0.1) is 17.4 Å². The molecule has 0 spiro atoms. The first-order valence-corrected chi connectivity index (χ1v) is 5.75. The van der Waals surface area contributed by atoms with Crippen LogP contribution < -0.4 is 10.6 Å². The van der Waals surface area contributed by atoms with E-state index in [0.29, 0.717) is 0 Å². The predicted octanol–water partition coefficient (Wildman–Crippen LogP) is 2.21. The van der Waals surface area contributed by atoms with E-state index in [1.807, 2.05) is 19.1 Å². The van der Waals surface area contributed by atoms with Crippen LogP contribution in [0.5, 0.6) is 0 Å². The molecule has 1 aliphatic rings. The van der Waals surface area contributed by atoms with Gasteiger partial charge in [-0.2, -0.15) is 5.26 Å². The number of nitrogens with zero attached hydrogens (tertiary/aromatic N) is 1. The number of hydrogen-bond acceptors (Lipinski definition) is 3. The topological polar surface area (TPSA) is 64.9 Å². The van der Waals surface area contributed by atoms with Crippen LogP contribution in [0.2, 0.25) is 0 Å². The van der Waals surface area contributed by atoms with Crippen LogP contribution in [-0.4, -0.2) is 12.5 Å². The van der Waals surface area contributed by atoms with Gasteiger partial charge in [0.1, 0.15) is 6.42 Å². The molecule has 0 aliphatic carbocycles. The Balaban J connectivity index is 2.32. The van der Waals surface area contributed by atoms with Crippen molar-refractivity contribution in [3.8, 4) is 6.07 Å². The lowest BCUT2D eigenvalue weighted by atomic mass is 9.99. The zero-order valence-corrected chi connectivity index (χ0v) is 9.84. The van der Waals surface area contributed by atoms with Gasteiger partial charge in [0, 0.05) is 6.54 Å². The molecule has 4 heteroatoms. The van der Waals surface area contributed by atoms with Gasteiger partial charge < -0.3 is 10.6 Å². The second-order valence-electron chi connectivity index (χ2n) is 4.20. The number of amides is 1. The summed E-state index contributed by atoms with van der Waals surface area (Å²) in [5.41, 5.74) is 4.09. The van der Waals surface area contributed by atoms with E-state index in [1.165, 1.54) is 5.56 Å². The van der Waals surface area contributed by atoms with Crippen LogP contribution >= 0.6 is 0 Å². The maximum Gasteiger partial charge on any atom is 0.238 e. The molecule has 1 aromatic rings. The van der Waals surface area contributed by atoms with Crippen LogP contribution in [-0.2, 0) is 11.2 Å². The summed E-state index contributed by atoms with van der Waals surface area (Å²) in [4.78, 5) is 11.5. The highest BCUT2D eigenvalue weighted by Gasteiger charge is 2.16. The molecular formula is C13H15N3O. The van der Waals surface area contributed by atoms with Gasteiger partial charge >= 0.3 is 0 Å². The number of hydrogen-bond donors (Lipinski definition) is 2. The Morgan fingerprint density at radius 1 is 1.59 bits per heavy atom. The SMILES string of the molecule is Cc1ccc2c(c1NC(=O)CC#N)NCCC2. The van der Waals surface area contributed by atoms with E-state index in [2.05, 4.69) is 16.7 Å². The Morgan fingerprint density at radius 3 is 3.18 bits per heavy atom. The Morgan fingerprint density at radius 2 is 2.41 bits per heavy atom. The molecule has 0 radical (unpaired) electrons. The second-order valence-corrected chi connectivity index (χ2v) is 4.20. The van der Waals surface area contributed by atoms with Gasteiger partial charge in [0.25, 0.3) is 0 Å². The first kappa shape index (κ1) is 11.5. The van der Waals surface area contributed by atoms with Crippen molar-refractivity contribution in [3.63, 3.8) is 0 Å². The maximum atomic E-state index is 11.5. The standard InChI is InChI=1S/C13H15N3O/c1-9-4-5-10-3-2-8-15-13(10)12(9)16-11(17)6-7-14/h4-5,15H,2-3,6,8H2,1H3,(H,16,17). The van der Waals surface area contributed by atoms with E-state index < -0.39 is 0 Å². The van der Waals surface area contributed by atoms with Crippen molar-refractivity contribution in [2.75, 3.05) is 17.2 Å². The molecule has 0 saturated heterocycles. The highest BCUT2D eigenvalue weighted by atomic mass is 16.1. The number of rotatable bonds is 2. The zero-order valence-electron chi connectivity index (χ0n) is 9.84. The molecule has 88 valence electrons. The monoisotopic (exact) mass is 229 g/mol.